The van der Waals surface area contributed by atoms with E-state index in [1.165, 1.54) is 0 Å². The molecule has 0 saturated heterocycles. The highest BCUT2D eigenvalue weighted by molar-refractivity contribution is 7.99. The highest BCUT2D eigenvalue weighted by atomic mass is 35.5. The van der Waals surface area contributed by atoms with Gasteiger partial charge in [0.05, 0.1) is 27.7 Å². The molecule has 1 amide bonds. The number of rotatable bonds is 7. The Morgan fingerprint density at radius 3 is 2.61 bits per heavy atom. The first-order valence-electron chi connectivity index (χ1n) is 10.4. The van der Waals surface area contributed by atoms with E-state index < -0.39 is 17.6 Å². The van der Waals surface area contributed by atoms with Crippen LogP contribution in [-0.2, 0) is 11.0 Å². The molecule has 4 rings (SSSR count). The number of benzene rings is 3. The summed E-state index contributed by atoms with van der Waals surface area (Å²) in [4.78, 5) is 12.3. The van der Waals surface area contributed by atoms with Crippen LogP contribution in [0.5, 0.6) is 0 Å². The van der Waals surface area contributed by atoms with Crippen LogP contribution in [0.1, 0.15) is 18.1 Å². The fourth-order valence-corrected chi connectivity index (χ4v) is 4.00. The second-order valence-corrected chi connectivity index (χ2v) is 8.93. The average molecular weight is 534 g/mol. The van der Waals surface area contributed by atoms with Crippen molar-refractivity contribution in [2.24, 2.45) is 5.10 Å². The molecule has 0 aliphatic heterocycles. The van der Waals surface area contributed by atoms with Gasteiger partial charge in [0.2, 0.25) is 11.1 Å². The zero-order valence-corrected chi connectivity index (χ0v) is 20.2. The fraction of sp³-hybridized carbons (Fsp3) is 0.130. The molecular weight excluding hydrogens is 515 g/mol. The molecule has 0 fully saturated rings. The molecule has 8 nitrogen and oxygen atoms in total. The summed E-state index contributed by atoms with van der Waals surface area (Å²) in [5.74, 6) is 5.35. The molecular formula is C23H19ClF3N7OS. The molecule has 0 spiro atoms. The molecule has 36 heavy (non-hydrogen) atoms. The van der Waals surface area contributed by atoms with Crippen molar-refractivity contribution in [1.29, 1.82) is 0 Å². The Morgan fingerprint density at radius 2 is 1.86 bits per heavy atom. The highest BCUT2D eigenvalue weighted by Gasteiger charge is 2.31. The number of alkyl halides is 3. The van der Waals surface area contributed by atoms with Gasteiger partial charge < -0.3 is 11.2 Å². The van der Waals surface area contributed by atoms with Crippen molar-refractivity contribution in [2.45, 2.75) is 18.3 Å². The monoisotopic (exact) mass is 533 g/mol. The maximum Gasteiger partial charge on any atom is 0.416 e. The number of hydrazone groups is 1. The molecule has 3 aromatic carbocycles. The quantitative estimate of drug-likeness (QED) is 0.127. The third-order valence-corrected chi connectivity index (χ3v) is 6.33. The third-order valence-electron chi connectivity index (χ3n) is 5.06. The van der Waals surface area contributed by atoms with Crippen LogP contribution in [-0.4, -0.2) is 32.2 Å². The van der Waals surface area contributed by atoms with E-state index in [2.05, 4.69) is 26.0 Å². The largest absolute Gasteiger partial charge is 0.416 e. The maximum absolute atomic E-state index is 12.9. The molecule has 0 unspecified atom stereocenters. The SMILES string of the molecule is C/C(=N\Nc1nnc(SCC(=O)Nc2cc(C(F)(F)F)ccc2Cl)n1N)c1ccc2ccccc2c1. The van der Waals surface area contributed by atoms with Crippen molar-refractivity contribution < 1.29 is 18.0 Å². The van der Waals surface area contributed by atoms with Gasteiger partial charge in [-0.15, -0.1) is 10.2 Å². The van der Waals surface area contributed by atoms with Gasteiger partial charge in [-0.05, 0) is 47.5 Å². The van der Waals surface area contributed by atoms with Gasteiger partial charge in [-0.3, -0.25) is 4.79 Å². The number of hydrogen-bond donors (Lipinski definition) is 3. The Kier molecular flexibility index (Phi) is 7.36. The van der Waals surface area contributed by atoms with Gasteiger partial charge in [-0.1, -0.05) is 59.8 Å². The number of halogens is 4. The number of nitrogens with zero attached hydrogens (tertiary/aromatic N) is 4. The van der Waals surface area contributed by atoms with E-state index in [9.17, 15) is 18.0 Å². The number of nitrogen functional groups attached to an aromatic ring is 1. The van der Waals surface area contributed by atoms with Crippen LogP contribution in [0, 0.1) is 0 Å². The van der Waals surface area contributed by atoms with Crippen molar-refractivity contribution in [1.82, 2.24) is 14.9 Å². The minimum absolute atomic E-state index is 0.0190. The van der Waals surface area contributed by atoms with Crippen LogP contribution < -0.4 is 16.6 Å². The second kappa shape index (κ2) is 10.5. The Hall–Kier alpha value is -3.77. The van der Waals surface area contributed by atoms with E-state index >= 15 is 0 Å². The summed E-state index contributed by atoms with van der Waals surface area (Å²) < 4.78 is 39.9. The van der Waals surface area contributed by atoms with Gasteiger partial charge in [-0.2, -0.15) is 18.3 Å². The molecule has 1 heterocycles. The van der Waals surface area contributed by atoms with Gasteiger partial charge in [0.15, 0.2) is 0 Å². The fourth-order valence-electron chi connectivity index (χ4n) is 3.18. The number of hydrogen-bond acceptors (Lipinski definition) is 7. The maximum atomic E-state index is 12.9. The number of amides is 1. The number of carbonyl (C=O) groups is 1. The minimum Gasteiger partial charge on any atom is -0.334 e. The first-order chi connectivity index (χ1) is 17.1. The number of carbonyl (C=O) groups excluding carboxylic acids is 1. The summed E-state index contributed by atoms with van der Waals surface area (Å²) in [6.07, 6.45) is -4.56. The molecule has 0 aliphatic carbocycles. The van der Waals surface area contributed by atoms with Crippen molar-refractivity contribution in [3.05, 3.63) is 76.8 Å². The summed E-state index contributed by atoms with van der Waals surface area (Å²) in [7, 11) is 0. The van der Waals surface area contributed by atoms with E-state index in [0.717, 1.165) is 51.0 Å². The van der Waals surface area contributed by atoms with Gasteiger partial charge in [0, 0.05) is 0 Å². The average Bonchev–Trinajstić information content (AvgIpc) is 3.20. The number of nitrogens with two attached hydrogens (primary N) is 1. The summed E-state index contributed by atoms with van der Waals surface area (Å²) >= 11 is 6.85. The summed E-state index contributed by atoms with van der Waals surface area (Å²) in [6.45, 7) is 1.83. The van der Waals surface area contributed by atoms with Crippen LogP contribution >= 0.6 is 23.4 Å². The molecule has 0 atom stereocenters. The first-order valence-corrected chi connectivity index (χ1v) is 11.8. The predicted molar refractivity (Wildman–Crippen MR) is 136 cm³/mol. The van der Waals surface area contributed by atoms with Crippen LogP contribution in [0.15, 0.2) is 70.9 Å². The molecule has 0 radical (unpaired) electrons. The summed E-state index contributed by atoms with van der Waals surface area (Å²) in [5.41, 5.74) is 3.28. The number of thioether (sulfide) groups is 1. The van der Waals surface area contributed by atoms with E-state index in [1.54, 1.807) is 0 Å². The predicted octanol–water partition coefficient (Wildman–Crippen LogP) is 5.38. The molecule has 0 saturated carbocycles. The topological polar surface area (TPSA) is 110 Å². The van der Waals surface area contributed by atoms with Gasteiger partial charge in [-0.25, -0.2) is 10.1 Å². The molecule has 1 aromatic heterocycles. The van der Waals surface area contributed by atoms with Crippen molar-refractivity contribution in [3.8, 4) is 0 Å². The first kappa shape index (κ1) is 25.3. The van der Waals surface area contributed by atoms with Crippen molar-refractivity contribution >= 4 is 57.4 Å². The standard InChI is InChI=1S/C23H19ClF3N7OS/c1-13(15-7-6-14-4-2-3-5-16(14)10-15)30-31-21-32-33-22(34(21)28)36-12-20(35)29-19-11-17(23(25,26)27)8-9-18(19)24/h2-11H,12,28H2,1H3,(H,29,35)(H,31,32)/b30-13+. The smallest absolute Gasteiger partial charge is 0.334 e. The third kappa shape index (κ3) is 5.89. The molecule has 4 aromatic rings. The van der Waals surface area contributed by atoms with Crippen LogP contribution in [0.3, 0.4) is 0 Å². The minimum atomic E-state index is -4.56. The van der Waals surface area contributed by atoms with Crippen molar-refractivity contribution in [2.75, 3.05) is 22.3 Å². The summed E-state index contributed by atoms with van der Waals surface area (Å²) in [5, 5.41) is 16.9. The summed E-state index contributed by atoms with van der Waals surface area (Å²) in [6, 6.07) is 16.6. The Balaban J connectivity index is 1.37. The molecule has 0 aliphatic rings. The van der Waals surface area contributed by atoms with Gasteiger partial charge in [0.25, 0.3) is 5.95 Å². The van der Waals surface area contributed by atoms with Gasteiger partial charge >= 0.3 is 6.18 Å². The number of nitrogens with one attached hydrogen (secondary N) is 2. The zero-order chi connectivity index (χ0) is 25.9. The Morgan fingerprint density at radius 1 is 1.11 bits per heavy atom. The highest BCUT2D eigenvalue weighted by Crippen LogP contribution is 2.34. The normalized spacial score (nSPS) is 12.1. The van der Waals surface area contributed by atoms with E-state index in [-0.39, 0.29) is 27.6 Å². The van der Waals surface area contributed by atoms with E-state index in [4.69, 9.17) is 17.4 Å². The zero-order valence-electron chi connectivity index (χ0n) is 18.7. The Labute approximate surface area is 212 Å². The lowest BCUT2D eigenvalue weighted by atomic mass is 10.0. The molecule has 4 N–H and O–H groups in total. The van der Waals surface area contributed by atoms with E-state index in [0.29, 0.717) is 5.71 Å². The molecule has 0 bridgehead atoms. The van der Waals surface area contributed by atoms with Gasteiger partial charge in [0.1, 0.15) is 0 Å². The lowest BCUT2D eigenvalue weighted by molar-refractivity contribution is -0.137. The molecule has 13 heteroatoms. The number of aromatic nitrogens is 3. The van der Waals surface area contributed by atoms with E-state index in [1.807, 2.05) is 49.4 Å². The van der Waals surface area contributed by atoms with Crippen LogP contribution in [0.4, 0.5) is 24.8 Å². The lowest BCUT2D eigenvalue weighted by Crippen LogP contribution is -2.17. The van der Waals surface area contributed by atoms with Crippen LogP contribution in [0.2, 0.25) is 5.02 Å². The second-order valence-electron chi connectivity index (χ2n) is 7.58. The van der Waals surface area contributed by atoms with Crippen molar-refractivity contribution in [3.63, 3.8) is 0 Å². The van der Waals surface area contributed by atoms with Crippen LogP contribution in [0.25, 0.3) is 10.8 Å². The lowest BCUT2D eigenvalue weighted by Gasteiger charge is -2.11. The number of anilines is 2. The molecule has 186 valence electrons. The number of fused-ring (bicyclic) bond motifs is 1. The Bertz CT molecular complexity index is 1460.